The third kappa shape index (κ3) is 3.95. The van der Waals surface area contributed by atoms with Crippen LogP contribution in [0.3, 0.4) is 0 Å². The maximum absolute atomic E-state index is 11.1. The second-order valence-corrected chi connectivity index (χ2v) is 4.05. The maximum Gasteiger partial charge on any atom is 0.333 e. The van der Waals surface area contributed by atoms with Crippen LogP contribution in [-0.2, 0) is 9.53 Å². The molecule has 1 rings (SSSR count). The van der Waals surface area contributed by atoms with Crippen molar-refractivity contribution in [2.24, 2.45) is 0 Å². The average molecular weight is 275 g/mol. The molecule has 0 bridgehead atoms. The number of esters is 1. The first-order valence-corrected chi connectivity index (χ1v) is 5.63. The fourth-order valence-electron chi connectivity index (χ4n) is 1.11. The lowest BCUT2D eigenvalue weighted by Crippen LogP contribution is -2.04. The van der Waals surface area contributed by atoms with Gasteiger partial charge in [0.05, 0.1) is 17.2 Å². The van der Waals surface area contributed by atoms with Gasteiger partial charge in [0.15, 0.2) is 5.75 Å². The lowest BCUT2D eigenvalue weighted by atomic mass is 10.3. The number of methoxy groups -OCH3 is 1. The molecule has 0 aliphatic heterocycles. The fraction of sp³-hybridized carbons (Fsp3) is 0.250. The van der Waals surface area contributed by atoms with E-state index in [1.54, 1.807) is 31.2 Å². The van der Waals surface area contributed by atoms with Crippen molar-refractivity contribution in [1.29, 1.82) is 0 Å². The van der Waals surface area contributed by atoms with E-state index in [4.69, 9.17) is 27.9 Å². The molecule has 0 saturated heterocycles. The molecule has 0 spiro atoms. The van der Waals surface area contributed by atoms with Gasteiger partial charge in [0.2, 0.25) is 0 Å². The molecule has 0 unspecified atom stereocenters. The summed E-state index contributed by atoms with van der Waals surface area (Å²) in [5.74, 6) is 0.0172. The van der Waals surface area contributed by atoms with Gasteiger partial charge in [0.1, 0.15) is 6.61 Å². The third-order valence-electron chi connectivity index (χ3n) is 2.04. The molecule has 0 amide bonds. The van der Waals surface area contributed by atoms with E-state index in [-0.39, 0.29) is 12.6 Å². The van der Waals surface area contributed by atoms with Gasteiger partial charge in [-0.25, -0.2) is 4.79 Å². The standard InChI is InChI=1S/C12H12Cl2O3/c1-8(12(15)16-2)6-7-17-11-9(13)4-3-5-10(11)14/h3-6H,7H2,1-2H3. The largest absolute Gasteiger partial charge is 0.486 e. The first-order chi connectivity index (χ1) is 8.06. The molecule has 17 heavy (non-hydrogen) atoms. The second kappa shape index (κ2) is 6.52. The predicted octanol–water partition coefficient (Wildman–Crippen LogP) is 3.49. The van der Waals surface area contributed by atoms with E-state index in [2.05, 4.69) is 4.74 Å². The minimum absolute atomic E-state index is 0.199. The smallest absolute Gasteiger partial charge is 0.333 e. The Morgan fingerprint density at radius 1 is 1.35 bits per heavy atom. The topological polar surface area (TPSA) is 35.5 Å². The average Bonchev–Trinajstić information content (AvgIpc) is 2.31. The second-order valence-electron chi connectivity index (χ2n) is 3.24. The van der Waals surface area contributed by atoms with Gasteiger partial charge >= 0.3 is 5.97 Å². The Labute approximate surface area is 110 Å². The number of para-hydroxylation sites is 1. The summed E-state index contributed by atoms with van der Waals surface area (Å²) in [6.45, 7) is 1.84. The number of hydrogen-bond donors (Lipinski definition) is 0. The number of carbonyl (C=O) groups is 1. The summed E-state index contributed by atoms with van der Waals surface area (Å²) in [5, 5.41) is 0.864. The van der Waals surface area contributed by atoms with Gasteiger partial charge in [0.25, 0.3) is 0 Å². The van der Waals surface area contributed by atoms with Crippen LogP contribution in [0.4, 0.5) is 0 Å². The number of rotatable bonds is 4. The molecule has 0 radical (unpaired) electrons. The summed E-state index contributed by atoms with van der Waals surface area (Å²) in [4.78, 5) is 11.1. The quantitative estimate of drug-likeness (QED) is 0.623. The summed E-state index contributed by atoms with van der Waals surface area (Å²) in [5.41, 5.74) is 0.468. The van der Waals surface area contributed by atoms with Crippen LogP contribution < -0.4 is 4.74 Å². The zero-order chi connectivity index (χ0) is 12.8. The van der Waals surface area contributed by atoms with Crippen molar-refractivity contribution in [3.05, 3.63) is 39.9 Å². The molecule has 0 heterocycles. The molecular formula is C12H12Cl2O3. The number of benzene rings is 1. The molecule has 5 heteroatoms. The van der Waals surface area contributed by atoms with Crippen LogP contribution in [0.2, 0.25) is 10.0 Å². The highest BCUT2D eigenvalue weighted by atomic mass is 35.5. The SMILES string of the molecule is COC(=O)C(C)=CCOc1c(Cl)cccc1Cl. The van der Waals surface area contributed by atoms with E-state index in [0.717, 1.165) is 0 Å². The summed E-state index contributed by atoms with van der Waals surface area (Å²) >= 11 is 11.8. The minimum atomic E-state index is -0.390. The fourth-order valence-corrected chi connectivity index (χ4v) is 1.62. The zero-order valence-electron chi connectivity index (χ0n) is 9.50. The molecule has 3 nitrogen and oxygen atoms in total. The van der Waals surface area contributed by atoms with Crippen molar-refractivity contribution >= 4 is 29.2 Å². The van der Waals surface area contributed by atoms with Crippen molar-refractivity contribution in [1.82, 2.24) is 0 Å². The molecule has 92 valence electrons. The number of ether oxygens (including phenoxy) is 2. The first kappa shape index (κ1) is 13.9. The molecule has 0 aliphatic carbocycles. The van der Waals surface area contributed by atoms with Gasteiger partial charge in [-0.15, -0.1) is 0 Å². The van der Waals surface area contributed by atoms with Gasteiger partial charge in [-0.3, -0.25) is 0 Å². The van der Waals surface area contributed by atoms with Crippen molar-refractivity contribution in [3.63, 3.8) is 0 Å². The zero-order valence-corrected chi connectivity index (χ0v) is 11.0. The van der Waals surface area contributed by atoms with E-state index < -0.39 is 0 Å². The molecule has 0 aromatic heterocycles. The summed E-state index contributed by atoms with van der Waals surface area (Å²) in [6, 6.07) is 5.09. The summed E-state index contributed by atoms with van der Waals surface area (Å²) < 4.78 is 9.93. The Morgan fingerprint density at radius 3 is 2.47 bits per heavy atom. The Kier molecular flexibility index (Phi) is 5.32. The van der Waals surface area contributed by atoms with E-state index in [1.807, 2.05) is 0 Å². The lowest BCUT2D eigenvalue weighted by Gasteiger charge is -2.07. The van der Waals surface area contributed by atoms with Crippen LogP contribution >= 0.6 is 23.2 Å². The van der Waals surface area contributed by atoms with Crippen LogP contribution in [0.15, 0.2) is 29.8 Å². The Balaban J connectivity index is 2.66. The van der Waals surface area contributed by atoms with Crippen LogP contribution in [0.25, 0.3) is 0 Å². The third-order valence-corrected chi connectivity index (χ3v) is 2.64. The van der Waals surface area contributed by atoms with Crippen LogP contribution in [0.1, 0.15) is 6.92 Å². The van der Waals surface area contributed by atoms with E-state index in [9.17, 15) is 4.79 Å². The van der Waals surface area contributed by atoms with Crippen molar-refractivity contribution < 1.29 is 14.3 Å². The number of carbonyl (C=O) groups excluding carboxylic acids is 1. The van der Waals surface area contributed by atoms with Gasteiger partial charge < -0.3 is 9.47 Å². The van der Waals surface area contributed by atoms with Crippen LogP contribution in [0, 0.1) is 0 Å². The van der Waals surface area contributed by atoms with Gasteiger partial charge in [-0.1, -0.05) is 29.3 Å². The molecule has 0 aliphatic rings. The molecule has 0 atom stereocenters. The first-order valence-electron chi connectivity index (χ1n) is 4.88. The Morgan fingerprint density at radius 2 is 1.94 bits per heavy atom. The summed E-state index contributed by atoms with van der Waals surface area (Å²) in [7, 11) is 1.32. The lowest BCUT2D eigenvalue weighted by molar-refractivity contribution is -0.136. The minimum Gasteiger partial charge on any atom is -0.486 e. The Hall–Kier alpha value is -1.19. The molecule has 0 N–H and O–H groups in total. The maximum atomic E-state index is 11.1. The monoisotopic (exact) mass is 274 g/mol. The molecular weight excluding hydrogens is 263 g/mol. The normalized spacial score (nSPS) is 11.2. The molecule has 0 fully saturated rings. The van der Waals surface area contributed by atoms with Gasteiger partial charge in [0, 0.05) is 5.57 Å². The number of halogens is 2. The summed E-state index contributed by atoms with van der Waals surface area (Å²) in [6.07, 6.45) is 1.60. The highest BCUT2D eigenvalue weighted by Gasteiger charge is 2.06. The molecule has 1 aromatic rings. The van der Waals surface area contributed by atoms with Crippen LogP contribution in [-0.4, -0.2) is 19.7 Å². The highest BCUT2D eigenvalue weighted by Crippen LogP contribution is 2.32. The van der Waals surface area contributed by atoms with Crippen molar-refractivity contribution in [2.45, 2.75) is 6.92 Å². The molecule has 0 saturated carbocycles. The Bertz CT molecular complexity index is 421. The predicted molar refractivity (Wildman–Crippen MR) is 67.7 cm³/mol. The van der Waals surface area contributed by atoms with Crippen molar-refractivity contribution in [3.8, 4) is 5.75 Å². The van der Waals surface area contributed by atoms with Crippen LogP contribution in [0.5, 0.6) is 5.75 Å². The van der Waals surface area contributed by atoms with E-state index >= 15 is 0 Å². The van der Waals surface area contributed by atoms with Crippen molar-refractivity contribution in [2.75, 3.05) is 13.7 Å². The van der Waals surface area contributed by atoms with Gasteiger partial charge in [-0.2, -0.15) is 0 Å². The van der Waals surface area contributed by atoms with E-state index in [1.165, 1.54) is 7.11 Å². The van der Waals surface area contributed by atoms with Gasteiger partial charge in [-0.05, 0) is 25.1 Å². The van der Waals surface area contributed by atoms with E-state index in [0.29, 0.717) is 21.4 Å². The number of hydrogen-bond acceptors (Lipinski definition) is 3. The highest BCUT2D eigenvalue weighted by molar-refractivity contribution is 6.37. The molecule has 1 aromatic carbocycles.